The minimum Gasteiger partial charge on any atom is -0.472 e. The van der Waals surface area contributed by atoms with Gasteiger partial charge in [0.05, 0.1) is 17.7 Å². The van der Waals surface area contributed by atoms with Gasteiger partial charge >= 0.3 is 0 Å². The van der Waals surface area contributed by atoms with Crippen molar-refractivity contribution in [1.82, 2.24) is 19.6 Å². The highest BCUT2D eigenvalue weighted by atomic mass is 16.3. The molecule has 1 aromatic heterocycles. The van der Waals surface area contributed by atoms with Crippen molar-refractivity contribution in [2.24, 2.45) is 5.92 Å². The van der Waals surface area contributed by atoms with Crippen molar-refractivity contribution in [3.8, 4) is 0 Å². The summed E-state index contributed by atoms with van der Waals surface area (Å²) in [6.07, 6.45) is 7.15. The first-order valence-electron chi connectivity index (χ1n) is 10.6. The Morgan fingerprint density at radius 2 is 1.71 bits per heavy atom. The third kappa shape index (κ3) is 4.25. The van der Waals surface area contributed by atoms with Gasteiger partial charge in [-0.25, -0.2) is 0 Å². The van der Waals surface area contributed by atoms with Crippen LogP contribution in [0.15, 0.2) is 23.0 Å². The molecule has 7 nitrogen and oxygen atoms in total. The van der Waals surface area contributed by atoms with Gasteiger partial charge in [0.2, 0.25) is 5.91 Å². The second kappa shape index (κ2) is 8.66. The number of hydrogen-bond acceptors (Lipinski definition) is 5. The molecule has 0 radical (unpaired) electrons. The number of likely N-dealkylation sites (tertiary alicyclic amines) is 2. The molecule has 0 aliphatic carbocycles. The zero-order chi connectivity index (χ0) is 19.5. The van der Waals surface area contributed by atoms with Crippen LogP contribution in [0.3, 0.4) is 0 Å². The number of carbonyl (C=O) groups excluding carboxylic acids is 2. The third-order valence-electron chi connectivity index (χ3n) is 6.65. The fourth-order valence-corrected chi connectivity index (χ4v) is 4.83. The lowest BCUT2D eigenvalue weighted by Crippen LogP contribution is -2.54. The van der Waals surface area contributed by atoms with E-state index in [2.05, 4.69) is 21.7 Å². The number of piperazine rings is 1. The van der Waals surface area contributed by atoms with Gasteiger partial charge in [0.15, 0.2) is 0 Å². The molecular formula is C21H32N4O3. The molecule has 28 heavy (non-hydrogen) atoms. The number of hydrogen-bond donors (Lipinski definition) is 0. The quantitative estimate of drug-likeness (QED) is 0.783. The van der Waals surface area contributed by atoms with Gasteiger partial charge in [-0.3, -0.25) is 14.5 Å². The van der Waals surface area contributed by atoms with Gasteiger partial charge in [-0.05, 0) is 45.3 Å². The molecule has 2 amide bonds. The summed E-state index contributed by atoms with van der Waals surface area (Å²) in [6, 6.07) is 2.21. The molecule has 4 rings (SSSR count). The minimum absolute atomic E-state index is 0.0639. The van der Waals surface area contributed by atoms with Crippen LogP contribution in [0.1, 0.15) is 36.0 Å². The summed E-state index contributed by atoms with van der Waals surface area (Å²) in [5, 5.41) is 0. The Balaban J connectivity index is 1.28. The van der Waals surface area contributed by atoms with E-state index in [1.54, 1.807) is 12.3 Å². The second-order valence-corrected chi connectivity index (χ2v) is 8.50. The lowest BCUT2D eigenvalue weighted by molar-refractivity contribution is -0.139. The van der Waals surface area contributed by atoms with Crippen LogP contribution < -0.4 is 0 Å². The molecule has 0 bridgehead atoms. The van der Waals surface area contributed by atoms with Gasteiger partial charge in [-0.1, -0.05) is 0 Å². The van der Waals surface area contributed by atoms with E-state index in [-0.39, 0.29) is 11.8 Å². The zero-order valence-electron chi connectivity index (χ0n) is 16.9. The first kappa shape index (κ1) is 19.5. The SMILES string of the molecule is CN1CCN(C(=O)C2CCCN(C3CCN(C(=O)c4ccoc4)CC3)C2)CC1. The molecule has 3 saturated heterocycles. The first-order chi connectivity index (χ1) is 13.6. The van der Waals surface area contributed by atoms with Gasteiger partial charge in [0.1, 0.15) is 6.26 Å². The Kier molecular flexibility index (Phi) is 6.01. The van der Waals surface area contributed by atoms with Crippen LogP contribution in [0.25, 0.3) is 0 Å². The molecular weight excluding hydrogens is 356 g/mol. The number of rotatable bonds is 3. The van der Waals surface area contributed by atoms with E-state index in [1.807, 2.05) is 4.90 Å². The summed E-state index contributed by atoms with van der Waals surface area (Å²) in [6.45, 7) is 7.19. The maximum atomic E-state index is 13.0. The van der Waals surface area contributed by atoms with Crippen LogP contribution in [-0.4, -0.2) is 96.9 Å². The van der Waals surface area contributed by atoms with Crippen molar-refractivity contribution in [1.29, 1.82) is 0 Å². The Bertz CT molecular complexity index is 661. The van der Waals surface area contributed by atoms with E-state index < -0.39 is 0 Å². The summed E-state index contributed by atoms with van der Waals surface area (Å²) in [4.78, 5) is 34.3. The van der Waals surface area contributed by atoms with Crippen LogP contribution in [0.5, 0.6) is 0 Å². The number of likely N-dealkylation sites (N-methyl/N-ethyl adjacent to an activating group) is 1. The summed E-state index contributed by atoms with van der Waals surface area (Å²) >= 11 is 0. The standard InChI is InChI=1S/C21H32N4O3/c1-22-10-12-24(13-11-22)20(26)17-3-2-7-25(15-17)19-4-8-23(9-5-19)21(27)18-6-14-28-16-18/h6,14,16-17,19H,2-5,7-13,15H2,1H3. The van der Waals surface area contributed by atoms with Gasteiger partial charge < -0.3 is 19.1 Å². The predicted octanol–water partition coefficient (Wildman–Crippen LogP) is 1.37. The van der Waals surface area contributed by atoms with E-state index >= 15 is 0 Å². The van der Waals surface area contributed by atoms with E-state index in [0.29, 0.717) is 17.5 Å². The summed E-state index contributed by atoms with van der Waals surface area (Å²) < 4.78 is 5.04. The molecule has 154 valence electrons. The number of carbonyl (C=O) groups is 2. The molecule has 4 heterocycles. The Morgan fingerprint density at radius 1 is 0.964 bits per heavy atom. The normalized spacial score (nSPS) is 25.8. The second-order valence-electron chi connectivity index (χ2n) is 8.50. The molecule has 1 unspecified atom stereocenters. The van der Waals surface area contributed by atoms with Crippen molar-refractivity contribution >= 4 is 11.8 Å². The monoisotopic (exact) mass is 388 g/mol. The number of furan rings is 1. The fraction of sp³-hybridized carbons (Fsp3) is 0.714. The van der Waals surface area contributed by atoms with E-state index in [4.69, 9.17) is 4.42 Å². The minimum atomic E-state index is 0.0639. The summed E-state index contributed by atoms with van der Waals surface area (Å²) in [5.74, 6) is 0.557. The van der Waals surface area contributed by atoms with Gasteiger partial charge in [-0.2, -0.15) is 0 Å². The highest BCUT2D eigenvalue weighted by Crippen LogP contribution is 2.26. The van der Waals surface area contributed by atoms with Crippen LogP contribution in [0, 0.1) is 5.92 Å². The molecule has 0 saturated carbocycles. The van der Waals surface area contributed by atoms with Crippen molar-refractivity contribution in [3.63, 3.8) is 0 Å². The molecule has 1 atom stereocenters. The van der Waals surface area contributed by atoms with Crippen LogP contribution in [0.2, 0.25) is 0 Å². The zero-order valence-corrected chi connectivity index (χ0v) is 16.9. The van der Waals surface area contributed by atoms with Crippen molar-refractivity contribution in [2.45, 2.75) is 31.7 Å². The highest BCUT2D eigenvalue weighted by molar-refractivity contribution is 5.93. The topological polar surface area (TPSA) is 60.2 Å². The average molecular weight is 389 g/mol. The molecule has 3 aliphatic rings. The number of piperidine rings is 2. The Hall–Kier alpha value is -1.86. The fourth-order valence-electron chi connectivity index (χ4n) is 4.83. The average Bonchev–Trinajstić information content (AvgIpc) is 3.28. The number of nitrogens with zero attached hydrogens (tertiary/aromatic N) is 4. The molecule has 1 aromatic rings. The Labute approximate surface area is 167 Å². The van der Waals surface area contributed by atoms with E-state index in [0.717, 1.165) is 78.0 Å². The third-order valence-corrected chi connectivity index (χ3v) is 6.65. The smallest absolute Gasteiger partial charge is 0.257 e. The van der Waals surface area contributed by atoms with Gasteiger partial charge in [0, 0.05) is 51.9 Å². The number of amides is 2. The van der Waals surface area contributed by atoms with Crippen LogP contribution in [-0.2, 0) is 4.79 Å². The molecule has 0 N–H and O–H groups in total. The molecule has 7 heteroatoms. The maximum Gasteiger partial charge on any atom is 0.257 e. The van der Waals surface area contributed by atoms with Gasteiger partial charge in [-0.15, -0.1) is 0 Å². The van der Waals surface area contributed by atoms with Crippen molar-refractivity contribution in [2.75, 3.05) is 59.4 Å². The predicted molar refractivity (Wildman–Crippen MR) is 106 cm³/mol. The highest BCUT2D eigenvalue weighted by Gasteiger charge is 2.34. The van der Waals surface area contributed by atoms with Crippen molar-refractivity contribution in [3.05, 3.63) is 24.2 Å². The largest absolute Gasteiger partial charge is 0.472 e. The summed E-state index contributed by atoms with van der Waals surface area (Å²) in [7, 11) is 2.12. The van der Waals surface area contributed by atoms with E-state index in [1.165, 1.54) is 6.26 Å². The van der Waals surface area contributed by atoms with Crippen LogP contribution in [0.4, 0.5) is 0 Å². The Morgan fingerprint density at radius 3 is 2.39 bits per heavy atom. The molecule has 0 aromatic carbocycles. The van der Waals surface area contributed by atoms with Crippen molar-refractivity contribution < 1.29 is 14.0 Å². The molecule has 0 spiro atoms. The van der Waals surface area contributed by atoms with Crippen LogP contribution >= 0.6 is 0 Å². The van der Waals surface area contributed by atoms with E-state index in [9.17, 15) is 9.59 Å². The lowest BCUT2D eigenvalue weighted by atomic mass is 9.92. The molecule has 3 fully saturated rings. The molecule has 3 aliphatic heterocycles. The van der Waals surface area contributed by atoms with Gasteiger partial charge in [0.25, 0.3) is 5.91 Å². The first-order valence-corrected chi connectivity index (χ1v) is 10.6. The lowest BCUT2D eigenvalue weighted by Gasteiger charge is -2.43. The summed E-state index contributed by atoms with van der Waals surface area (Å²) in [5.41, 5.74) is 0.634. The maximum absolute atomic E-state index is 13.0.